The van der Waals surface area contributed by atoms with Gasteiger partial charge in [0.15, 0.2) is 0 Å². The van der Waals surface area contributed by atoms with E-state index in [9.17, 15) is 29.1 Å². The van der Waals surface area contributed by atoms with Crippen molar-refractivity contribution in [1.29, 1.82) is 0 Å². The van der Waals surface area contributed by atoms with E-state index in [-0.39, 0.29) is 12.3 Å². The third-order valence-corrected chi connectivity index (χ3v) is 7.35. The molecule has 11 nitrogen and oxygen atoms in total. The number of benzene rings is 2. The number of nitrogens with zero attached hydrogens (tertiary/aromatic N) is 1. The van der Waals surface area contributed by atoms with Crippen molar-refractivity contribution in [2.75, 3.05) is 6.54 Å². The first-order valence-electron chi connectivity index (χ1n) is 14.3. The molecule has 0 aliphatic carbocycles. The Morgan fingerprint density at radius 1 is 0.857 bits per heavy atom. The molecular weight excluding hydrogens is 538 g/mol. The van der Waals surface area contributed by atoms with Gasteiger partial charge in [0.2, 0.25) is 23.6 Å². The number of nitrogens with two attached hydrogens (primary N) is 1. The molecule has 5 atom stereocenters. The minimum atomic E-state index is -1.17. The summed E-state index contributed by atoms with van der Waals surface area (Å²) in [6, 6.07) is 13.5. The van der Waals surface area contributed by atoms with E-state index < -0.39 is 59.8 Å². The van der Waals surface area contributed by atoms with E-state index in [0.29, 0.717) is 25.8 Å². The molecule has 2 aromatic rings. The maximum Gasteiger partial charge on any atom is 0.326 e. The van der Waals surface area contributed by atoms with Crippen LogP contribution in [0.25, 0.3) is 0 Å². The number of carbonyl (C=O) groups excluding carboxylic acids is 4. The molecule has 0 saturated carbocycles. The van der Waals surface area contributed by atoms with Crippen molar-refractivity contribution in [2.24, 2.45) is 11.7 Å². The van der Waals surface area contributed by atoms with Gasteiger partial charge in [0.1, 0.15) is 24.2 Å². The molecule has 0 unspecified atom stereocenters. The normalized spacial score (nSPS) is 17.5. The van der Waals surface area contributed by atoms with Crippen molar-refractivity contribution in [1.82, 2.24) is 20.9 Å². The molecule has 0 bridgehead atoms. The molecule has 42 heavy (non-hydrogen) atoms. The summed E-state index contributed by atoms with van der Waals surface area (Å²) in [5.74, 6) is -3.53. The summed E-state index contributed by atoms with van der Waals surface area (Å²) in [6.45, 7) is 5.35. The highest BCUT2D eigenvalue weighted by Crippen LogP contribution is 2.21. The van der Waals surface area contributed by atoms with Gasteiger partial charge in [-0.15, -0.1) is 0 Å². The molecule has 226 valence electrons. The Morgan fingerprint density at radius 2 is 1.43 bits per heavy atom. The predicted octanol–water partition coefficient (Wildman–Crippen LogP) is 1.01. The number of hydrogen-bond acceptors (Lipinski definition) is 6. The summed E-state index contributed by atoms with van der Waals surface area (Å²) >= 11 is 0. The fourth-order valence-electron chi connectivity index (χ4n) is 4.94. The Hall–Kier alpha value is -4.25. The fourth-order valence-corrected chi connectivity index (χ4v) is 4.94. The molecule has 6 N–H and O–H groups in total. The Morgan fingerprint density at radius 3 is 1.98 bits per heavy atom. The van der Waals surface area contributed by atoms with Gasteiger partial charge < -0.3 is 31.7 Å². The second-order valence-corrected chi connectivity index (χ2v) is 11.0. The number of amides is 4. The lowest BCUT2D eigenvalue weighted by Crippen LogP contribution is -2.59. The number of carboxylic acids is 1. The van der Waals surface area contributed by atoms with Gasteiger partial charge in [-0.1, -0.05) is 74.5 Å². The van der Waals surface area contributed by atoms with Crippen LogP contribution in [0.5, 0.6) is 0 Å². The van der Waals surface area contributed by atoms with E-state index in [2.05, 4.69) is 16.0 Å². The van der Waals surface area contributed by atoms with E-state index in [1.807, 2.05) is 36.4 Å². The lowest BCUT2D eigenvalue weighted by Gasteiger charge is -2.31. The van der Waals surface area contributed by atoms with E-state index >= 15 is 0 Å². The summed E-state index contributed by atoms with van der Waals surface area (Å²) < 4.78 is 0. The summed E-state index contributed by atoms with van der Waals surface area (Å²) in [6.07, 6.45) is 1.34. The minimum absolute atomic E-state index is 0.103. The standard InChI is InChI=1S/C31H41N5O6/c1-19(2)26(35-27(37)20(3)33-28(38)23(32)17-21-11-6-4-7-12-21)30(40)36-16-10-15-25(36)29(39)34-24(31(41)42)18-22-13-8-5-9-14-22/h4-9,11-14,19-20,23-26H,10,15-18,32H2,1-3H3,(H,33,38)(H,34,39)(H,35,37)(H,41,42)/t20-,23-,24-,25-,26-/m0/s1. The van der Waals surface area contributed by atoms with Crippen LogP contribution in [0.15, 0.2) is 60.7 Å². The lowest BCUT2D eigenvalue weighted by atomic mass is 10.0. The van der Waals surface area contributed by atoms with Crippen LogP contribution < -0.4 is 21.7 Å². The third-order valence-electron chi connectivity index (χ3n) is 7.35. The van der Waals surface area contributed by atoms with Crippen LogP contribution >= 0.6 is 0 Å². The second kappa shape index (κ2) is 15.1. The first kappa shape index (κ1) is 32.3. The van der Waals surface area contributed by atoms with Gasteiger partial charge in [-0.25, -0.2) is 4.79 Å². The summed E-state index contributed by atoms with van der Waals surface area (Å²) in [4.78, 5) is 65.7. The van der Waals surface area contributed by atoms with E-state index in [4.69, 9.17) is 5.73 Å². The highest BCUT2D eigenvalue weighted by Gasteiger charge is 2.40. The molecule has 4 amide bonds. The number of aliphatic carboxylic acids is 1. The molecule has 11 heteroatoms. The van der Waals surface area contributed by atoms with Crippen molar-refractivity contribution in [3.8, 4) is 0 Å². The molecule has 3 rings (SSSR count). The monoisotopic (exact) mass is 579 g/mol. The van der Waals surface area contributed by atoms with Crippen LogP contribution in [0.2, 0.25) is 0 Å². The van der Waals surface area contributed by atoms with Crippen LogP contribution in [0.1, 0.15) is 44.7 Å². The summed E-state index contributed by atoms with van der Waals surface area (Å²) in [5, 5.41) is 17.6. The maximum atomic E-state index is 13.6. The predicted molar refractivity (Wildman–Crippen MR) is 157 cm³/mol. The van der Waals surface area contributed by atoms with Crippen molar-refractivity contribution in [3.63, 3.8) is 0 Å². The molecule has 0 aromatic heterocycles. The van der Waals surface area contributed by atoms with Crippen molar-refractivity contribution in [2.45, 2.75) is 76.7 Å². The zero-order valence-corrected chi connectivity index (χ0v) is 24.3. The molecular formula is C31H41N5O6. The fraction of sp³-hybridized carbons (Fsp3) is 0.452. The lowest BCUT2D eigenvalue weighted by molar-refractivity contribution is -0.145. The Bertz CT molecular complexity index is 1240. The van der Waals surface area contributed by atoms with E-state index in [1.165, 1.54) is 11.8 Å². The van der Waals surface area contributed by atoms with E-state index in [0.717, 1.165) is 11.1 Å². The largest absolute Gasteiger partial charge is 0.480 e. The van der Waals surface area contributed by atoms with E-state index in [1.54, 1.807) is 38.1 Å². The van der Waals surface area contributed by atoms with Crippen LogP contribution in [0.4, 0.5) is 0 Å². The molecule has 1 fully saturated rings. The Labute approximate surface area is 246 Å². The second-order valence-electron chi connectivity index (χ2n) is 11.0. The quantitative estimate of drug-likeness (QED) is 0.236. The number of hydrogen-bond donors (Lipinski definition) is 5. The molecule has 0 radical (unpaired) electrons. The summed E-state index contributed by atoms with van der Waals surface area (Å²) in [5.41, 5.74) is 7.69. The van der Waals surface area contributed by atoms with Crippen LogP contribution in [0.3, 0.4) is 0 Å². The van der Waals surface area contributed by atoms with Crippen molar-refractivity contribution in [3.05, 3.63) is 71.8 Å². The average molecular weight is 580 g/mol. The molecule has 1 heterocycles. The van der Waals surface area contributed by atoms with Gasteiger partial charge in [-0.3, -0.25) is 19.2 Å². The average Bonchev–Trinajstić information content (AvgIpc) is 3.46. The highest BCUT2D eigenvalue weighted by atomic mass is 16.4. The van der Waals surface area contributed by atoms with Crippen LogP contribution in [-0.4, -0.2) is 76.4 Å². The first-order valence-corrected chi connectivity index (χ1v) is 14.3. The molecule has 2 aromatic carbocycles. The Kier molecular flexibility index (Phi) is 11.6. The smallest absolute Gasteiger partial charge is 0.326 e. The number of rotatable bonds is 13. The zero-order chi connectivity index (χ0) is 30.8. The molecule has 1 aliphatic heterocycles. The van der Waals surface area contributed by atoms with Crippen LogP contribution in [-0.2, 0) is 36.8 Å². The van der Waals surface area contributed by atoms with Gasteiger partial charge in [-0.2, -0.15) is 0 Å². The van der Waals surface area contributed by atoms with Crippen molar-refractivity contribution < 1.29 is 29.1 Å². The van der Waals surface area contributed by atoms with Gasteiger partial charge in [-0.05, 0) is 43.2 Å². The molecule has 1 aliphatic rings. The molecule has 1 saturated heterocycles. The topological polar surface area (TPSA) is 171 Å². The molecule has 0 spiro atoms. The van der Waals surface area contributed by atoms with Crippen molar-refractivity contribution >= 4 is 29.6 Å². The van der Waals surface area contributed by atoms with Gasteiger partial charge >= 0.3 is 5.97 Å². The van der Waals surface area contributed by atoms with Crippen LogP contribution in [0, 0.1) is 5.92 Å². The van der Waals surface area contributed by atoms with Gasteiger partial charge in [0.25, 0.3) is 0 Å². The minimum Gasteiger partial charge on any atom is -0.480 e. The first-order chi connectivity index (χ1) is 20.0. The Balaban J connectivity index is 1.61. The van der Waals surface area contributed by atoms with Gasteiger partial charge in [0.05, 0.1) is 6.04 Å². The number of likely N-dealkylation sites (tertiary alicyclic amines) is 1. The summed E-state index contributed by atoms with van der Waals surface area (Å²) in [7, 11) is 0. The zero-order valence-electron chi connectivity index (χ0n) is 24.3. The SMILES string of the molecule is CC(C)[C@H](NC(=O)[C@H](C)NC(=O)[C@@H](N)Cc1ccccc1)C(=O)N1CCC[C@H]1C(=O)N[C@@H](Cc1ccccc1)C(=O)O. The number of carboxylic acid groups (broad SMARTS) is 1. The third kappa shape index (κ3) is 8.87. The highest BCUT2D eigenvalue weighted by molar-refractivity contribution is 5.95. The number of carbonyl (C=O) groups is 5. The number of nitrogens with one attached hydrogen (secondary N) is 3. The van der Waals surface area contributed by atoms with Gasteiger partial charge in [0, 0.05) is 13.0 Å². The maximum absolute atomic E-state index is 13.6.